The number of halogens is 4. The van der Waals surface area contributed by atoms with Gasteiger partial charge in [0, 0.05) is 37.1 Å². The van der Waals surface area contributed by atoms with Crippen molar-refractivity contribution in [1.82, 2.24) is 44.9 Å². The van der Waals surface area contributed by atoms with Gasteiger partial charge < -0.3 is 19.5 Å². The van der Waals surface area contributed by atoms with E-state index in [1.807, 2.05) is 13.0 Å². The Morgan fingerprint density at radius 1 is 1.02 bits per heavy atom. The van der Waals surface area contributed by atoms with Gasteiger partial charge in [-0.25, -0.2) is 23.4 Å². The van der Waals surface area contributed by atoms with Crippen LogP contribution in [-0.2, 0) is 11.3 Å². The lowest BCUT2D eigenvalue weighted by Crippen LogP contribution is -2.45. The molecule has 1 aromatic carbocycles. The highest BCUT2D eigenvalue weighted by atomic mass is 35.5. The maximum atomic E-state index is 14.0. The van der Waals surface area contributed by atoms with Gasteiger partial charge in [-0.15, -0.1) is 10.2 Å². The van der Waals surface area contributed by atoms with Crippen LogP contribution in [0, 0.1) is 0 Å². The molecule has 0 radical (unpaired) electrons. The quantitative estimate of drug-likeness (QED) is 0.221. The third kappa shape index (κ3) is 7.85. The number of morpholine rings is 1. The van der Waals surface area contributed by atoms with Gasteiger partial charge in [0.25, 0.3) is 12.2 Å². The van der Waals surface area contributed by atoms with Crippen LogP contribution in [0.4, 0.5) is 24.8 Å². The van der Waals surface area contributed by atoms with E-state index in [4.69, 9.17) is 25.8 Å². The second-order valence-electron chi connectivity index (χ2n) is 11.3. The second-order valence-corrected chi connectivity index (χ2v) is 11.7. The largest absolute Gasteiger partial charge is 0.487 e. The summed E-state index contributed by atoms with van der Waals surface area (Å²) in [6.07, 6.45) is 3.47. The number of anilines is 2. The zero-order chi connectivity index (χ0) is 32.0. The van der Waals surface area contributed by atoms with E-state index in [-0.39, 0.29) is 29.7 Å². The lowest BCUT2D eigenvalue weighted by atomic mass is 9.90. The lowest BCUT2D eigenvalue weighted by molar-refractivity contribution is -0.0690. The molecule has 0 bridgehead atoms. The number of rotatable bonds is 12. The Morgan fingerprint density at radius 3 is 2.46 bits per heavy atom. The van der Waals surface area contributed by atoms with E-state index in [1.54, 1.807) is 40.1 Å². The number of hydrogen-bond acceptors (Lipinski definition) is 11. The van der Waals surface area contributed by atoms with Crippen LogP contribution in [0.5, 0.6) is 11.6 Å². The van der Waals surface area contributed by atoms with Crippen molar-refractivity contribution >= 4 is 23.2 Å². The summed E-state index contributed by atoms with van der Waals surface area (Å²) in [6, 6.07) is 5.78. The third-order valence-electron chi connectivity index (χ3n) is 8.05. The number of hydrogen-bond donors (Lipinski definition) is 1. The molecule has 0 spiro atoms. The smallest absolute Gasteiger partial charge is 0.304 e. The van der Waals surface area contributed by atoms with Crippen molar-refractivity contribution in [2.24, 2.45) is 0 Å². The van der Waals surface area contributed by atoms with Crippen LogP contribution in [0.2, 0.25) is 5.02 Å². The fourth-order valence-electron chi connectivity index (χ4n) is 5.74. The highest BCUT2D eigenvalue weighted by molar-refractivity contribution is 6.32. The maximum Gasteiger partial charge on any atom is 0.304 e. The first-order valence-corrected chi connectivity index (χ1v) is 15.5. The van der Waals surface area contributed by atoms with Crippen LogP contribution in [0.15, 0.2) is 43.1 Å². The van der Waals surface area contributed by atoms with E-state index >= 15 is 0 Å². The molecule has 2 atom stereocenters. The monoisotopic (exact) mass is 662 g/mol. The predicted octanol–water partition coefficient (Wildman–Crippen LogP) is 4.95. The van der Waals surface area contributed by atoms with Crippen molar-refractivity contribution in [3.8, 4) is 22.8 Å². The molecule has 1 N–H and O–H groups in total. The molecule has 1 saturated heterocycles. The van der Waals surface area contributed by atoms with E-state index in [0.29, 0.717) is 28.9 Å². The first-order valence-electron chi connectivity index (χ1n) is 15.1. The number of tetrazole rings is 1. The molecular formula is C29H34ClF3N10O3. The first-order chi connectivity index (χ1) is 22.3. The van der Waals surface area contributed by atoms with Gasteiger partial charge in [-0.1, -0.05) is 17.7 Å². The first kappa shape index (κ1) is 31.9. The molecule has 46 heavy (non-hydrogen) atoms. The van der Waals surface area contributed by atoms with Crippen LogP contribution in [0.25, 0.3) is 11.1 Å². The highest BCUT2D eigenvalue weighted by Crippen LogP contribution is 2.36. The summed E-state index contributed by atoms with van der Waals surface area (Å²) in [6.45, 7) is 5.62. The zero-order valence-corrected chi connectivity index (χ0v) is 25.8. The van der Waals surface area contributed by atoms with Crippen molar-refractivity contribution in [2.45, 2.75) is 70.1 Å². The van der Waals surface area contributed by atoms with Crippen molar-refractivity contribution in [1.29, 1.82) is 0 Å². The van der Waals surface area contributed by atoms with Gasteiger partial charge in [0.1, 0.15) is 23.9 Å². The van der Waals surface area contributed by atoms with Crippen molar-refractivity contribution in [3.05, 3.63) is 48.1 Å². The number of benzene rings is 1. The maximum absolute atomic E-state index is 14.0. The van der Waals surface area contributed by atoms with Crippen molar-refractivity contribution < 1.29 is 27.4 Å². The lowest BCUT2D eigenvalue weighted by Gasteiger charge is -2.38. The fraction of sp³-hybridized carbons (Fsp3) is 0.517. The molecule has 17 heteroatoms. The van der Waals surface area contributed by atoms with Crippen LogP contribution in [0.3, 0.4) is 0 Å². The minimum absolute atomic E-state index is 0.0139. The Morgan fingerprint density at radius 2 is 1.76 bits per heavy atom. The molecule has 2 aliphatic rings. The normalized spacial score (nSPS) is 20.4. The average molecular weight is 663 g/mol. The minimum atomic E-state index is -3.33. The van der Waals surface area contributed by atoms with Crippen LogP contribution in [0.1, 0.15) is 38.6 Å². The molecule has 3 aromatic heterocycles. The van der Waals surface area contributed by atoms with Gasteiger partial charge >= 0.3 is 6.43 Å². The molecule has 246 valence electrons. The Hall–Kier alpha value is -4.02. The molecule has 2 fully saturated rings. The summed E-state index contributed by atoms with van der Waals surface area (Å²) in [5.41, 5.74) is 1.61. The molecule has 0 amide bonds. The van der Waals surface area contributed by atoms with Gasteiger partial charge in [-0.3, -0.25) is 9.58 Å². The zero-order valence-electron chi connectivity index (χ0n) is 25.1. The summed E-state index contributed by atoms with van der Waals surface area (Å²) < 4.78 is 59.7. The van der Waals surface area contributed by atoms with E-state index < -0.39 is 12.8 Å². The molecule has 1 aliphatic carbocycles. The molecule has 13 nitrogen and oxygen atoms in total. The molecule has 1 saturated carbocycles. The van der Waals surface area contributed by atoms with Gasteiger partial charge in [0.15, 0.2) is 0 Å². The number of alkyl halides is 3. The van der Waals surface area contributed by atoms with Crippen molar-refractivity contribution in [3.63, 3.8) is 0 Å². The summed E-state index contributed by atoms with van der Waals surface area (Å²) in [5.74, 6) is 0.332. The molecule has 2 unspecified atom stereocenters. The topological polar surface area (TPSA) is 130 Å². The predicted molar refractivity (Wildman–Crippen MR) is 161 cm³/mol. The van der Waals surface area contributed by atoms with E-state index in [0.717, 1.165) is 57.6 Å². The minimum Gasteiger partial charge on any atom is -0.487 e. The summed E-state index contributed by atoms with van der Waals surface area (Å²) in [4.78, 5) is 11.2. The average Bonchev–Trinajstić information content (AvgIpc) is 3.73. The molecule has 4 heterocycles. The second kappa shape index (κ2) is 14.6. The van der Waals surface area contributed by atoms with Gasteiger partial charge in [0.2, 0.25) is 5.95 Å². The number of nitrogens with zero attached hydrogens (tertiary/aromatic N) is 9. The van der Waals surface area contributed by atoms with Crippen molar-refractivity contribution in [2.75, 3.05) is 31.6 Å². The summed E-state index contributed by atoms with van der Waals surface area (Å²) in [7, 11) is 0. The van der Waals surface area contributed by atoms with Crippen LogP contribution in [-0.4, -0.2) is 96.1 Å². The fourth-order valence-corrected chi connectivity index (χ4v) is 5.90. The summed E-state index contributed by atoms with van der Waals surface area (Å²) >= 11 is 6.38. The number of nitrogens with one attached hydrogen (secondary N) is 1. The third-order valence-corrected chi connectivity index (χ3v) is 8.36. The van der Waals surface area contributed by atoms with E-state index in [2.05, 4.69) is 40.8 Å². The Bertz CT molecular complexity index is 1550. The van der Waals surface area contributed by atoms with Gasteiger partial charge in [0.05, 0.1) is 37.0 Å². The standard InChI is InChI=1S/C29H34ClF3N10O3/c1-18(15-42-17-36-39-40-42)45-25-12-19(2-7-23(25)30)20-13-34-29(35-14-20)37-24-16-43(38-28(24)46-27(33)26(31)32)22-5-3-21(4-6-22)41-8-10-44-11-9-41/h2,7,12-14,16-18,21-22,26-27H,3-6,8-11,15H2,1H3,(H,34,35,37). The summed E-state index contributed by atoms with van der Waals surface area (Å²) in [5, 5.41) is 18.8. The highest BCUT2D eigenvalue weighted by Gasteiger charge is 2.30. The van der Waals surface area contributed by atoms with Gasteiger partial charge in [-0.05, 0) is 60.7 Å². The Balaban J connectivity index is 1.14. The molecule has 4 aromatic rings. The number of ether oxygens (including phenoxy) is 3. The molecule has 1 aliphatic heterocycles. The molecular weight excluding hydrogens is 629 g/mol. The Labute approximate surface area is 268 Å². The van der Waals surface area contributed by atoms with E-state index in [9.17, 15) is 13.2 Å². The van der Waals surface area contributed by atoms with Crippen LogP contribution < -0.4 is 14.8 Å². The van der Waals surface area contributed by atoms with E-state index in [1.165, 1.54) is 6.33 Å². The molecule has 6 rings (SSSR count). The van der Waals surface area contributed by atoms with Gasteiger partial charge in [-0.2, -0.15) is 4.39 Å². The SMILES string of the molecule is CC(Cn1cnnn1)Oc1cc(-c2cnc(Nc3cn(C4CCC(N5CCOCC5)CC4)nc3OC(F)C(F)F)nc2)ccc1Cl. The van der Waals surface area contributed by atoms with Crippen LogP contribution >= 0.6 is 11.6 Å². The number of aromatic nitrogens is 8. The Kier molecular flexibility index (Phi) is 10.1.